The third-order valence-electron chi connectivity index (χ3n) is 0. The molecule has 0 aliphatic carbocycles. The summed E-state index contributed by atoms with van der Waals surface area (Å²) in [5.41, 5.74) is 0. The van der Waals surface area contributed by atoms with Gasteiger partial charge in [-0.25, -0.2) is 0 Å². The van der Waals surface area contributed by atoms with Crippen molar-refractivity contribution in [3.05, 3.63) is 0 Å². The molecule has 4 heteroatoms. The Kier molecular flexibility index (Phi) is 127. The Morgan fingerprint density at radius 1 is 1.00 bits per heavy atom. The molecule has 0 aromatic carbocycles. The molecule has 0 rings (SSSR count). The van der Waals surface area contributed by atoms with Crippen LogP contribution in [0, 0.1) is 0 Å². The molecule has 0 spiro atoms. The SMILES string of the molecule is [Li].[Sn].[Ti].[Zn]. The van der Waals surface area contributed by atoms with Gasteiger partial charge in [0.1, 0.15) is 0 Å². The average molecular weight is 239 g/mol. The van der Waals surface area contributed by atoms with Gasteiger partial charge in [0.2, 0.25) is 0 Å². The summed E-state index contributed by atoms with van der Waals surface area (Å²) in [5.74, 6) is 0. The minimum Gasteiger partial charge on any atom is 0 e. The first-order valence-electron chi connectivity index (χ1n) is 0. The van der Waals surface area contributed by atoms with E-state index < -0.39 is 0 Å². The smallest absolute Gasteiger partial charge is 0 e. The summed E-state index contributed by atoms with van der Waals surface area (Å²) in [4.78, 5) is 0. The van der Waals surface area contributed by atoms with Gasteiger partial charge in [-0.3, -0.25) is 0 Å². The third kappa shape index (κ3) is 8.83. The van der Waals surface area contributed by atoms with Gasteiger partial charge >= 0.3 is 0 Å². The van der Waals surface area contributed by atoms with E-state index in [2.05, 4.69) is 0 Å². The molecule has 0 aromatic rings. The van der Waals surface area contributed by atoms with Gasteiger partial charge in [-0.05, 0) is 0 Å². The zero-order valence-electron chi connectivity index (χ0n) is 2.71. The second-order valence-electron chi connectivity index (χ2n) is 0. The fraction of sp³-hybridized carbons (Fsp3) is 0. The normalized spacial score (nSPS) is 0. The van der Waals surface area contributed by atoms with Crippen molar-refractivity contribution in [1.29, 1.82) is 0 Å². The van der Waals surface area contributed by atoms with Crippen molar-refractivity contribution in [2.45, 2.75) is 0 Å². The van der Waals surface area contributed by atoms with Crippen LogP contribution in [0.3, 0.4) is 0 Å². The molecule has 0 bridgehead atoms. The van der Waals surface area contributed by atoms with Gasteiger partial charge in [-0.15, -0.1) is 0 Å². The molecular formula is LiSnTiZn. The largest absolute Gasteiger partial charge is 0 e. The van der Waals surface area contributed by atoms with Crippen LogP contribution >= 0.6 is 0 Å². The second kappa shape index (κ2) is 17.2. The molecule has 0 amide bonds. The van der Waals surface area contributed by atoms with E-state index in [1.807, 2.05) is 0 Å². The van der Waals surface area contributed by atoms with Crippen molar-refractivity contribution < 1.29 is 41.2 Å². The van der Waals surface area contributed by atoms with E-state index in [0.29, 0.717) is 0 Å². The van der Waals surface area contributed by atoms with Gasteiger partial charge in [-0.2, -0.15) is 0 Å². The molecule has 0 aliphatic heterocycles. The van der Waals surface area contributed by atoms with Gasteiger partial charge < -0.3 is 0 Å². The number of hydrogen-bond acceptors (Lipinski definition) is 0. The summed E-state index contributed by atoms with van der Waals surface area (Å²) in [6.45, 7) is 0. The fourth-order valence-electron chi connectivity index (χ4n) is 0. The van der Waals surface area contributed by atoms with Crippen molar-refractivity contribution >= 4 is 42.8 Å². The van der Waals surface area contributed by atoms with Gasteiger partial charge in [0.15, 0.2) is 0 Å². The molecule has 0 heterocycles. The topological polar surface area (TPSA) is 0 Å². The van der Waals surface area contributed by atoms with Crippen LogP contribution in [0.2, 0.25) is 0 Å². The van der Waals surface area contributed by atoms with Crippen molar-refractivity contribution in [2.75, 3.05) is 0 Å². The summed E-state index contributed by atoms with van der Waals surface area (Å²) in [7, 11) is 0. The van der Waals surface area contributed by atoms with Crippen LogP contribution in [0.4, 0.5) is 0 Å². The molecule has 0 aliphatic rings. The third-order valence-corrected chi connectivity index (χ3v) is 0. The Labute approximate surface area is 82.6 Å². The van der Waals surface area contributed by atoms with E-state index >= 15 is 0 Å². The van der Waals surface area contributed by atoms with E-state index in [0.717, 1.165) is 0 Å². The molecule has 0 saturated heterocycles. The van der Waals surface area contributed by atoms with Crippen LogP contribution in [0.25, 0.3) is 0 Å². The predicted molar refractivity (Wildman–Crippen MR) is 11.5 cm³/mol. The Morgan fingerprint density at radius 2 is 1.00 bits per heavy atom. The van der Waals surface area contributed by atoms with Crippen molar-refractivity contribution in [3.8, 4) is 0 Å². The van der Waals surface area contributed by atoms with Gasteiger partial charge in [0.25, 0.3) is 0 Å². The summed E-state index contributed by atoms with van der Waals surface area (Å²) < 4.78 is 0. The summed E-state index contributed by atoms with van der Waals surface area (Å²) in [6, 6.07) is 0. The Morgan fingerprint density at radius 3 is 1.00 bits per heavy atom. The maximum absolute atomic E-state index is 0. The minimum absolute atomic E-state index is 0. The van der Waals surface area contributed by atoms with Crippen molar-refractivity contribution in [1.82, 2.24) is 0 Å². The molecule has 4 heavy (non-hydrogen) atoms. The minimum atomic E-state index is 0. The van der Waals surface area contributed by atoms with Crippen molar-refractivity contribution in [2.24, 2.45) is 0 Å². The quantitative estimate of drug-likeness (QED) is 0.487. The van der Waals surface area contributed by atoms with E-state index in [9.17, 15) is 0 Å². The molecule has 0 saturated carbocycles. The molecule has 0 aromatic heterocycles. The van der Waals surface area contributed by atoms with Crippen LogP contribution < -0.4 is 0 Å². The van der Waals surface area contributed by atoms with E-state index in [-0.39, 0.29) is 84.0 Å². The first-order chi connectivity index (χ1) is 0. The van der Waals surface area contributed by atoms with Gasteiger partial charge in [0.05, 0.1) is 0 Å². The van der Waals surface area contributed by atoms with Crippen LogP contribution in [0.1, 0.15) is 0 Å². The summed E-state index contributed by atoms with van der Waals surface area (Å²) in [5, 5.41) is 0. The van der Waals surface area contributed by atoms with Gasteiger partial charge in [0, 0.05) is 84.0 Å². The monoisotopic (exact) mass is 239 g/mol. The Hall–Kier alpha value is 2.73. The van der Waals surface area contributed by atoms with Crippen LogP contribution in [0.5, 0.6) is 0 Å². The van der Waals surface area contributed by atoms with Crippen LogP contribution in [-0.4, -0.2) is 42.8 Å². The zero-order chi connectivity index (χ0) is 0. The molecule has 0 atom stereocenters. The molecule has 5 radical (unpaired) electrons. The van der Waals surface area contributed by atoms with Crippen LogP contribution in [-0.2, 0) is 41.2 Å². The second-order valence-corrected chi connectivity index (χ2v) is 0. The van der Waals surface area contributed by atoms with Gasteiger partial charge in [-0.1, -0.05) is 0 Å². The molecule has 0 N–H and O–H groups in total. The first kappa shape index (κ1) is 29.6. The maximum atomic E-state index is 0. The predicted octanol–water partition coefficient (Wildman–Crippen LogP) is -0.767. The fourth-order valence-corrected chi connectivity index (χ4v) is 0. The average Bonchev–Trinajstić information content (AvgIpc) is 0. The van der Waals surface area contributed by atoms with E-state index in [1.165, 1.54) is 0 Å². The molecule has 0 unspecified atom stereocenters. The summed E-state index contributed by atoms with van der Waals surface area (Å²) >= 11 is 0. The van der Waals surface area contributed by atoms with E-state index in [1.54, 1.807) is 0 Å². The van der Waals surface area contributed by atoms with Crippen molar-refractivity contribution in [3.63, 3.8) is 0 Å². The molecule has 0 nitrogen and oxygen atoms in total. The molecule has 11 valence electrons. The molecular weight excluding hydrogens is 239 g/mol. The number of rotatable bonds is 0. The number of hydrogen-bond donors (Lipinski definition) is 0. The zero-order valence-corrected chi connectivity index (χ0v) is 10.1. The standard InChI is InChI=1S/Li.Sn.Ti.Zn. The Bertz CT molecular complexity index is 8.00. The molecule has 0 fully saturated rings. The Balaban J connectivity index is 0. The van der Waals surface area contributed by atoms with E-state index in [4.69, 9.17) is 0 Å². The first-order valence-corrected chi connectivity index (χ1v) is 0. The van der Waals surface area contributed by atoms with Crippen LogP contribution in [0.15, 0.2) is 0 Å². The maximum Gasteiger partial charge on any atom is 0 e. The summed E-state index contributed by atoms with van der Waals surface area (Å²) in [6.07, 6.45) is 0.